The summed E-state index contributed by atoms with van der Waals surface area (Å²) in [5.41, 5.74) is 2.41. The van der Waals surface area contributed by atoms with Crippen LogP contribution in [0.15, 0.2) is 69.2 Å². The molecule has 2 aromatic carbocycles. The molecule has 1 amide bonds. The first-order valence-electron chi connectivity index (χ1n) is 9.65. The highest BCUT2D eigenvalue weighted by Gasteiger charge is 2.24. The number of esters is 1. The molecule has 0 aliphatic carbocycles. The van der Waals surface area contributed by atoms with Crippen LogP contribution >= 0.6 is 11.3 Å². The monoisotopic (exact) mass is 433 g/mol. The zero-order valence-electron chi connectivity index (χ0n) is 16.9. The number of methoxy groups -OCH3 is 1. The fourth-order valence-electron chi connectivity index (χ4n) is 3.28. The topological polar surface area (TPSA) is 85.6 Å². The molecule has 0 atom stereocenters. The number of hydrogen-bond acceptors (Lipinski definition) is 6. The first kappa shape index (κ1) is 20.6. The van der Waals surface area contributed by atoms with Crippen molar-refractivity contribution in [2.24, 2.45) is 0 Å². The Hall–Kier alpha value is -3.71. The quantitative estimate of drug-likeness (QED) is 0.349. The van der Waals surface area contributed by atoms with Crippen molar-refractivity contribution in [2.45, 2.75) is 13.3 Å². The number of anilines is 1. The minimum absolute atomic E-state index is 0.142. The maximum atomic E-state index is 12.9. The van der Waals surface area contributed by atoms with Crippen LogP contribution in [0.4, 0.5) is 5.00 Å². The highest BCUT2D eigenvalue weighted by Crippen LogP contribution is 2.36. The van der Waals surface area contributed by atoms with Crippen LogP contribution in [0.5, 0.6) is 0 Å². The van der Waals surface area contributed by atoms with Gasteiger partial charge in [-0.3, -0.25) is 4.79 Å². The SMILES string of the molecule is CCc1ccc(-c2csc(NC(=O)c3cc4ccccc4oc3=O)c2C(=O)OC)cc1. The summed E-state index contributed by atoms with van der Waals surface area (Å²) in [5.74, 6) is -1.23. The Morgan fingerprint density at radius 2 is 1.84 bits per heavy atom. The predicted molar refractivity (Wildman–Crippen MR) is 121 cm³/mol. The summed E-state index contributed by atoms with van der Waals surface area (Å²) in [5, 5.41) is 5.40. The summed E-state index contributed by atoms with van der Waals surface area (Å²) < 4.78 is 10.2. The van der Waals surface area contributed by atoms with Crippen LogP contribution in [0, 0.1) is 0 Å². The lowest BCUT2D eigenvalue weighted by molar-refractivity contribution is 0.0603. The Morgan fingerprint density at radius 3 is 2.55 bits per heavy atom. The van der Waals surface area contributed by atoms with Crippen LogP contribution in [-0.2, 0) is 11.2 Å². The molecule has 0 spiro atoms. The molecule has 156 valence electrons. The number of ether oxygens (including phenoxy) is 1. The zero-order chi connectivity index (χ0) is 22.0. The van der Waals surface area contributed by atoms with E-state index in [1.807, 2.05) is 24.3 Å². The first-order chi connectivity index (χ1) is 15.0. The standard InChI is InChI=1S/C24H19NO5S/c1-3-14-8-10-15(11-9-14)18-13-31-22(20(18)24(28)29-2)25-21(26)17-12-16-6-4-5-7-19(16)30-23(17)27/h4-13H,3H2,1-2H3,(H,25,26). The fourth-order valence-corrected chi connectivity index (χ4v) is 4.23. The van der Waals surface area contributed by atoms with Gasteiger partial charge >= 0.3 is 11.6 Å². The molecule has 0 aliphatic rings. The number of nitrogens with one attached hydrogen (secondary N) is 1. The van der Waals surface area contributed by atoms with Crippen molar-refractivity contribution in [1.82, 2.24) is 0 Å². The molecule has 4 rings (SSSR count). The number of thiophene rings is 1. The van der Waals surface area contributed by atoms with Crippen LogP contribution in [-0.4, -0.2) is 19.0 Å². The minimum Gasteiger partial charge on any atom is -0.465 e. The van der Waals surface area contributed by atoms with E-state index in [4.69, 9.17) is 9.15 Å². The third kappa shape index (κ3) is 4.00. The molecule has 2 heterocycles. The number of benzene rings is 2. The summed E-state index contributed by atoms with van der Waals surface area (Å²) in [6.45, 7) is 2.07. The average Bonchev–Trinajstić information content (AvgIpc) is 3.21. The Bertz CT molecular complexity index is 1330. The highest BCUT2D eigenvalue weighted by atomic mass is 32.1. The maximum absolute atomic E-state index is 12.9. The number of aryl methyl sites for hydroxylation is 1. The number of carbonyl (C=O) groups excluding carboxylic acids is 2. The lowest BCUT2D eigenvalue weighted by atomic mass is 10.0. The van der Waals surface area contributed by atoms with Crippen LogP contribution < -0.4 is 10.9 Å². The van der Waals surface area contributed by atoms with Gasteiger partial charge < -0.3 is 14.5 Å². The Kier molecular flexibility index (Phi) is 5.68. The molecule has 0 fully saturated rings. The fraction of sp³-hybridized carbons (Fsp3) is 0.125. The van der Waals surface area contributed by atoms with E-state index < -0.39 is 17.5 Å². The van der Waals surface area contributed by atoms with Gasteiger partial charge in [-0.15, -0.1) is 11.3 Å². The van der Waals surface area contributed by atoms with Gasteiger partial charge in [0.25, 0.3) is 5.91 Å². The van der Waals surface area contributed by atoms with E-state index in [0.29, 0.717) is 21.5 Å². The van der Waals surface area contributed by atoms with E-state index in [1.54, 1.807) is 29.6 Å². The molecule has 31 heavy (non-hydrogen) atoms. The number of para-hydroxylation sites is 1. The summed E-state index contributed by atoms with van der Waals surface area (Å²) in [4.78, 5) is 37.7. The molecule has 0 aliphatic heterocycles. The lowest BCUT2D eigenvalue weighted by Crippen LogP contribution is -2.21. The van der Waals surface area contributed by atoms with Gasteiger partial charge in [-0.05, 0) is 29.7 Å². The van der Waals surface area contributed by atoms with Crippen molar-refractivity contribution < 1.29 is 18.7 Å². The van der Waals surface area contributed by atoms with Crippen molar-refractivity contribution in [3.05, 3.63) is 87.1 Å². The van der Waals surface area contributed by atoms with Gasteiger partial charge in [-0.2, -0.15) is 0 Å². The molecular formula is C24H19NO5S. The van der Waals surface area contributed by atoms with Crippen molar-refractivity contribution in [3.63, 3.8) is 0 Å². The summed E-state index contributed by atoms with van der Waals surface area (Å²) >= 11 is 1.19. The second-order valence-electron chi connectivity index (χ2n) is 6.84. The van der Waals surface area contributed by atoms with Gasteiger partial charge in [0.05, 0.1) is 7.11 Å². The normalized spacial score (nSPS) is 10.8. The van der Waals surface area contributed by atoms with E-state index in [9.17, 15) is 14.4 Å². The molecule has 0 unspecified atom stereocenters. The Labute approximate surface area is 182 Å². The predicted octanol–water partition coefficient (Wildman–Crippen LogP) is 5.12. The van der Waals surface area contributed by atoms with Crippen LogP contribution in [0.25, 0.3) is 22.1 Å². The van der Waals surface area contributed by atoms with Crippen molar-refractivity contribution in [1.29, 1.82) is 0 Å². The third-order valence-corrected chi connectivity index (χ3v) is 5.86. The Balaban J connectivity index is 1.72. The van der Waals surface area contributed by atoms with Gasteiger partial charge in [-0.1, -0.05) is 49.4 Å². The average molecular weight is 433 g/mol. The smallest absolute Gasteiger partial charge is 0.349 e. The van der Waals surface area contributed by atoms with Crippen LogP contribution in [0.1, 0.15) is 33.2 Å². The summed E-state index contributed by atoms with van der Waals surface area (Å²) in [6.07, 6.45) is 0.906. The van der Waals surface area contributed by atoms with Gasteiger partial charge in [0.1, 0.15) is 21.7 Å². The summed E-state index contributed by atoms with van der Waals surface area (Å²) in [7, 11) is 1.29. The lowest BCUT2D eigenvalue weighted by Gasteiger charge is -2.08. The molecule has 0 radical (unpaired) electrons. The van der Waals surface area contributed by atoms with E-state index >= 15 is 0 Å². The van der Waals surface area contributed by atoms with Crippen molar-refractivity contribution >= 4 is 39.2 Å². The molecule has 0 saturated carbocycles. The summed E-state index contributed by atoms with van der Waals surface area (Å²) in [6, 6.07) is 16.3. The van der Waals surface area contributed by atoms with Crippen LogP contribution in [0.2, 0.25) is 0 Å². The molecule has 0 bridgehead atoms. The number of carbonyl (C=O) groups is 2. The van der Waals surface area contributed by atoms with Crippen molar-refractivity contribution in [3.8, 4) is 11.1 Å². The number of fused-ring (bicyclic) bond motifs is 1. The molecular weight excluding hydrogens is 414 g/mol. The number of amides is 1. The molecule has 2 aromatic heterocycles. The van der Waals surface area contributed by atoms with Crippen LogP contribution in [0.3, 0.4) is 0 Å². The largest absolute Gasteiger partial charge is 0.465 e. The maximum Gasteiger partial charge on any atom is 0.349 e. The first-order valence-corrected chi connectivity index (χ1v) is 10.5. The number of hydrogen-bond donors (Lipinski definition) is 1. The van der Waals surface area contributed by atoms with Crippen molar-refractivity contribution in [2.75, 3.05) is 12.4 Å². The van der Waals surface area contributed by atoms with E-state index in [1.165, 1.54) is 30.1 Å². The molecule has 1 N–H and O–H groups in total. The highest BCUT2D eigenvalue weighted by molar-refractivity contribution is 7.15. The number of rotatable bonds is 5. The molecule has 7 heteroatoms. The van der Waals surface area contributed by atoms with E-state index in [2.05, 4.69) is 12.2 Å². The van der Waals surface area contributed by atoms with Gasteiger partial charge in [0.2, 0.25) is 0 Å². The third-order valence-electron chi connectivity index (χ3n) is 4.97. The second-order valence-corrected chi connectivity index (χ2v) is 7.71. The second kappa shape index (κ2) is 8.57. The van der Waals surface area contributed by atoms with Gasteiger partial charge in [-0.25, -0.2) is 9.59 Å². The van der Waals surface area contributed by atoms with E-state index in [-0.39, 0.29) is 11.1 Å². The van der Waals surface area contributed by atoms with E-state index in [0.717, 1.165) is 12.0 Å². The zero-order valence-corrected chi connectivity index (χ0v) is 17.7. The Morgan fingerprint density at radius 1 is 1.10 bits per heavy atom. The molecule has 6 nitrogen and oxygen atoms in total. The minimum atomic E-state index is -0.747. The van der Waals surface area contributed by atoms with Gasteiger partial charge in [0, 0.05) is 16.3 Å². The van der Waals surface area contributed by atoms with Gasteiger partial charge in [0.15, 0.2) is 0 Å². The molecule has 0 saturated heterocycles. The molecule has 4 aromatic rings.